The Balaban J connectivity index is 2.58. The summed E-state index contributed by atoms with van der Waals surface area (Å²) in [4.78, 5) is 6.60. The number of hydrogen-bond donors (Lipinski definition) is 1. The zero-order chi connectivity index (χ0) is 13.4. The van der Waals surface area contributed by atoms with E-state index in [9.17, 15) is 0 Å². The molecule has 0 saturated heterocycles. The van der Waals surface area contributed by atoms with Crippen LogP contribution in [0.2, 0.25) is 0 Å². The third-order valence-electron chi connectivity index (χ3n) is 3.14. The van der Waals surface area contributed by atoms with E-state index >= 15 is 0 Å². The highest BCUT2D eigenvalue weighted by Crippen LogP contribution is 2.25. The molecule has 1 atom stereocenters. The highest BCUT2D eigenvalue weighted by Gasteiger charge is 2.20. The Morgan fingerprint density at radius 1 is 1.39 bits per heavy atom. The first-order valence-electron chi connectivity index (χ1n) is 6.31. The van der Waals surface area contributed by atoms with Gasteiger partial charge in [-0.3, -0.25) is 4.57 Å². The largest absolute Gasteiger partial charge is 0.369 e. The Morgan fingerprint density at radius 2 is 2.06 bits per heavy atom. The van der Waals surface area contributed by atoms with Crippen LogP contribution in [0.4, 0.5) is 5.95 Å². The lowest BCUT2D eigenvalue weighted by molar-refractivity contribution is 0.340. The molecule has 0 radical (unpaired) electrons. The Morgan fingerprint density at radius 3 is 2.61 bits per heavy atom. The van der Waals surface area contributed by atoms with Gasteiger partial charge >= 0.3 is 0 Å². The van der Waals surface area contributed by atoms with E-state index in [-0.39, 0.29) is 6.04 Å². The fourth-order valence-electron chi connectivity index (χ4n) is 2.47. The van der Waals surface area contributed by atoms with E-state index in [1.807, 2.05) is 11.6 Å². The number of nitrogens with two attached hydrogens (primary N) is 1. The normalized spacial score (nSPS) is 13.7. The first-order valence-corrected chi connectivity index (χ1v) is 6.31. The number of hydrogen-bond acceptors (Lipinski definition) is 4. The van der Waals surface area contributed by atoms with Crippen LogP contribution in [0.15, 0.2) is 0 Å². The average Bonchev–Trinajstić information content (AvgIpc) is 2.75. The predicted molar refractivity (Wildman–Crippen MR) is 73.6 cm³/mol. The van der Waals surface area contributed by atoms with Crippen LogP contribution in [0.25, 0.3) is 11.2 Å². The van der Waals surface area contributed by atoms with Crippen molar-refractivity contribution in [3.63, 3.8) is 0 Å². The molecule has 2 N–H and O–H groups in total. The third kappa shape index (κ3) is 1.96. The van der Waals surface area contributed by atoms with Gasteiger partial charge in [-0.2, -0.15) is 5.10 Å². The Hall–Kier alpha value is -1.56. The molecule has 0 aliphatic rings. The first-order chi connectivity index (χ1) is 8.45. The number of nitrogens with zero attached hydrogens (tertiary/aromatic N) is 5. The molecule has 6 nitrogen and oxygen atoms in total. The lowest BCUT2D eigenvalue weighted by Crippen LogP contribution is -2.24. The number of fused-ring (bicyclic) bond motifs is 1. The van der Waals surface area contributed by atoms with Gasteiger partial charge in [0, 0.05) is 19.1 Å². The van der Waals surface area contributed by atoms with Crippen LogP contribution in [0.5, 0.6) is 0 Å². The lowest BCUT2D eigenvalue weighted by atomic mass is 10.3. The molecule has 0 spiro atoms. The van der Waals surface area contributed by atoms with Gasteiger partial charge in [-0.15, -0.1) is 0 Å². The minimum Gasteiger partial charge on any atom is -0.369 e. The zero-order valence-corrected chi connectivity index (χ0v) is 11.8. The van der Waals surface area contributed by atoms with Crippen molar-refractivity contribution in [3.05, 3.63) is 5.69 Å². The minimum absolute atomic E-state index is 0.270. The standard InChI is InChI=1S/C12H22N6/c1-6-17-11-10(9(3)15-17)14-12(13)18(11)8(2)7-16(4)5/h8H,6-7H2,1-5H3,(H2,13,14). The van der Waals surface area contributed by atoms with Crippen molar-refractivity contribution in [1.29, 1.82) is 0 Å². The Labute approximate surface area is 107 Å². The average molecular weight is 250 g/mol. The van der Waals surface area contributed by atoms with Crippen LogP contribution in [-0.4, -0.2) is 44.9 Å². The Bertz CT molecular complexity index is 550. The summed E-state index contributed by atoms with van der Waals surface area (Å²) in [5, 5.41) is 4.50. The summed E-state index contributed by atoms with van der Waals surface area (Å²) in [6.07, 6.45) is 0. The van der Waals surface area contributed by atoms with Gasteiger partial charge in [0.25, 0.3) is 0 Å². The molecule has 1 unspecified atom stereocenters. The van der Waals surface area contributed by atoms with E-state index in [0.29, 0.717) is 5.95 Å². The van der Waals surface area contributed by atoms with Crippen LogP contribution in [-0.2, 0) is 6.54 Å². The zero-order valence-electron chi connectivity index (χ0n) is 11.8. The molecule has 0 aliphatic carbocycles. The SMILES string of the molecule is CCn1nc(C)c2nc(N)n(C(C)CN(C)C)c21. The van der Waals surface area contributed by atoms with Gasteiger partial charge in [0.05, 0.1) is 5.69 Å². The summed E-state index contributed by atoms with van der Waals surface area (Å²) in [5.41, 5.74) is 8.94. The maximum Gasteiger partial charge on any atom is 0.202 e. The molecule has 2 heterocycles. The van der Waals surface area contributed by atoms with Crippen molar-refractivity contribution in [2.24, 2.45) is 0 Å². The van der Waals surface area contributed by atoms with Crippen LogP contribution in [0, 0.1) is 6.92 Å². The summed E-state index contributed by atoms with van der Waals surface area (Å²) >= 11 is 0. The predicted octanol–water partition coefficient (Wildman–Crippen LogP) is 1.27. The molecule has 0 saturated carbocycles. The molecule has 0 aromatic carbocycles. The number of aryl methyl sites for hydroxylation is 2. The van der Waals surface area contributed by atoms with Gasteiger partial charge < -0.3 is 10.6 Å². The Kier molecular flexibility index (Phi) is 3.30. The van der Waals surface area contributed by atoms with Crippen molar-refractivity contribution >= 4 is 17.1 Å². The van der Waals surface area contributed by atoms with Crippen molar-refractivity contribution in [1.82, 2.24) is 24.2 Å². The van der Waals surface area contributed by atoms with E-state index in [2.05, 4.69) is 47.5 Å². The summed E-state index contributed by atoms with van der Waals surface area (Å²) in [6, 6.07) is 0.270. The van der Waals surface area contributed by atoms with Gasteiger partial charge in [0.1, 0.15) is 5.52 Å². The molecule has 18 heavy (non-hydrogen) atoms. The molecule has 0 bridgehead atoms. The number of imidazole rings is 1. The number of rotatable bonds is 4. The van der Waals surface area contributed by atoms with E-state index in [0.717, 1.165) is 29.9 Å². The fraction of sp³-hybridized carbons (Fsp3) is 0.667. The van der Waals surface area contributed by atoms with Gasteiger partial charge in [-0.05, 0) is 34.9 Å². The minimum atomic E-state index is 0.270. The summed E-state index contributed by atoms with van der Waals surface area (Å²) < 4.78 is 4.05. The highest BCUT2D eigenvalue weighted by molar-refractivity contribution is 5.77. The molecule has 6 heteroatoms. The fourth-order valence-corrected chi connectivity index (χ4v) is 2.47. The molecular weight excluding hydrogens is 228 g/mol. The molecule has 2 rings (SSSR count). The monoisotopic (exact) mass is 250 g/mol. The maximum absolute atomic E-state index is 6.06. The molecule has 2 aromatic rings. The van der Waals surface area contributed by atoms with Crippen molar-refractivity contribution in [2.75, 3.05) is 26.4 Å². The van der Waals surface area contributed by atoms with Gasteiger partial charge in [-0.1, -0.05) is 0 Å². The van der Waals surface area contributed by atoms with Gasteiger partial charge in [-0.25, -0.2) is 9.67 Å². The highest BCUT2D eigenvalue weighted by atomic mass is 15.4. The molecule has 0 aliphatic heterocycles. The molecule has 2 aromatic heterocycles. The van der Waals surface area contributed by atoms with Crippen molar-refractivity contribution < 1.29 is 0 Å². The number of nitrogen functional groups attached to an aromatic ring is 1. The second-order valence-corrected chi connectivity index (χ2v) is 5.02. The van der Waals surface area contributed by atoms with E-state index in [1.54, 1.807) is 0 Å². The topological polar surface area (TPSA) is 64.9 Å². The number of aromatic nitrogens is 4. The molecular formula is C12H22N6. The summed E-state index contributed by atoms with van der Waals surface area (Å²) in [7, 11) is 4.12. The van der Waals surface area contributed by atoms with Crippen molar-refractivity contribution in [2.45, 2.75) is 33.4 Å². The van der Waals surface area contributed by atoms with Gasteiger partial charge in [0.2, 0.25) is 5.95 Å². The van der Waals surface area contributed by atoms with E-state index in [4.69, 9.17) is 5.73 Å². The maximum atomic E-state index is 6.06. The second kappa shape index (κ2) is 4.61. The smallest absolute Gasteiger partial charge is 0.202 e. The van der Waals surface area contributed by atoms with Crippen LogP contribution in [0.3, 0.4) is 0 Å². The first kappa shape index (κ1) is 12.9. The van der Waals surface area contributed by atoms with Gasteiger partial charge in [0.15, 0.2) is 5.65 Å². The summed E-state index contributed by atoms with van der Waals surface area (Å²) in [6.45, 7) is 7.95. The van der Waals surface area contributed by atoms with Crippen molar-refractivity contribution in [3.8, 4) is 0 Å². The number of anilines is 1. The number of likely N-dealkylation sites (N-methyl/N-ethyl adjacent to an activating group) is 1. The van der Waals surface area contributed by atoms with Crippen LogP contribution >= 0.6 is 0 Å². The van der Waals surface area contributed by atoms with E-state index in [1.165, 1.54) is 0 Å². The van der Waals surface area contributed by atoms with Crippen LogP contribution in [0.1, 0.15) is 25.6 Å². The molecule has 100 valence electrons. The summed E-state index contributed by atoms with van der Waals surface area (Å²) in [5.74, 6) is 0.571. The quantitative estimate of drug-likeness (QED) is 0.887. The second-order valence-electron chi connectivity index (χ2n) is 5.02. The third-order valence-corrected chi connectivity index (χ3v) is 3.14. The molecule has 0 fully saturated rings. The van der Waals surface area contributed by atoms with E-state index < -0.39 is 0 Å². The van der Waals surface area contributed by atoms with Crippen LogP contribution < -0.4 is 5.73 Å². The lowest BCUT2D eigenvalue weighted by Gasteiger charge is -2.20. The molecule has 0 amide bonds.